The van der Waals surface area contributed by atoms with Gasteiger partial charge < -0.3 is 30.3 Å². The van der Waals surface area contributed by atoms with Crippen LogP contribution in [0.5, 0.6) is 0 Å². The predicted octanol–water partition coefficient (Wildman–Crippen LogP) is -2.10. The van der Waals surface area contributed by atoms with Crippen molar-refractivity contribution < 1.29 is 35.1 Å². The molecule has 7 nitrogen and oxygen atoms in total. The molecule has 1 fully saturated rings. The van der Waals surface area contributed by atoms with Gasteiger partial charge in [0.15, 0.2) is 5.79 Å². The van der Waals surface area contributed by atoms with Gasteiger partial charge in [-0.15, -0.1) is 0 Å². The number of hydrogen-bond donors (Lipinski definition) is 5. The van der Waals surface area contributed by atoms with Crippen molar-refractivity contribution in [1.82, 2.24) is 0 Å². The van der Waals surface area contributed by atoms with Crippen LogP contribution in [0.3, 0.4) is 0 Å². The van der Waals surface area contributed by atoms with Crippen molar-refractivity contribution in [2.45, 2.75) is 37.4 Å². The fraction of sp³-hybridized carbons (Fsp3) is 0.889. The Morgan fingerprint density at radius 2 is 2.12 bits per heavy atom. The van der Waals surface area contributed by atoms with Gasteiger partial charge in [-0.2, -0.15) is 0 Å². The minimum atomic E-state index is -2.09. The highest BCUT2D eigenvalue weighted by Crippen LogP contribution is 2.33. The summed E-state index contributed by atoms with van der Waals surface area (Å²) in [5, 5.41) is 46.4. The summed E-state index contributed by atoms with van der Waals surface area (Å²) in [6.45, 7) is 0.605. The van der Waals surface area contributed by atoms with Crippen LogP contribution in [0.1, 0.15) is 13.3 Å². The monoisotopic (exact) mass is 236 g/mol. The molecule has 0 radical (unpaired) electrons. The maximum Gasteiger partial charge on any atom is 0.311 e. The second kappa shape index (κ2) is 4.64. The lowest BCUT2D eigenvalue weighted by Crippen LogP contribution is -2.59. The molecule has 1 saturated heterocycles. The second-order valence-electron chi connectivity index (χ2n) is 4.01. The summed E-state index contributed by atoms with van der Waals surface area (Å²) in [5.41, 5.74) is 0. The lowest BCUT2D eigenvalue weighted by atomic mass is 9.88. The molecule has 0 amide bonds. The van der Waals surface area contributed by atoms with E-state index in [1.807, 2.05) is 0 Å². The Balaban J connectivity index is 2.86. The molecule has 1 aliphatic rings. The van der Waals surface area contributed by atoms with Crippen molar-refractivity contribution in [3.8, 4) is 0 Å². The molecule has 16 heavy (non-hydrogen) atoms. The van der Waals surface area contributed by atoms with Crippen LogP contribution in [0.25, 0.3) is 0 Å². The Hall–Kier alpha value is -0.730. The molecule has 0 aliphatic carbocycles. The quantitative estimate of drug-likeness (QED) is 0.379. The number of aliphatic carboxylic acids is 1. The number of carboxylic acid groups (broad SMARTS) is 1. The van der Waals surface area contributed by atoms with Gasteiger partial charge in [0.2, 0.25) is 0 Å². The molecule has 0 aromatic heterocycles. The smallest absolute Gasteiger partial charge is 0.311 e. The molecule has 0 saturated carbocycles. The highest BCUT2D eigenvalue weighted by molar-refractivity contribution is 5.70. The first-order valence-corrected chi connectivity index (χ1v) is 4.92. The molecule has 94 valence electrons. The van der Waals surface area contributed by atoms with Crippen molar-refractivity contribution in [2.75, 3.05) is 6.61 Å². The third-order valence-electron chi connectivity index (χ3n) is 2.86. The standard InChI is InChI=1S/C9H16O7/c1-4(8(13)14)9(15)2-5(11)7(12)6(3-10)16-9/h4-7,10-12,15H,2-3H2,1H3,(H,13,14)/t4-,5+,6+,7-,9?/m0/s1. The fourth-order valence-corrected chi connectivity index (χ4v) is 1.67. The molecule has 1 aliphatic heterocycles. The van der Waals surface area contributed by atoms with Crippen molar-refractivity contribution in [3.05, 3.63) is 0 Å². The lowest BCUT2D eigenvalue weighted by molar-refractivity contribution is -0.321. The van der Waals surface area contributed by atoms with E-state index < -0.39 is 49.0 Å². The Morgan fingerprint density at radius 3 is 2.56 bits per heavy atom. The van der Waals surface area contributed by atoms with E-state index in [0.29, 0.717) is 0 Å². The van der Waals surface area contributed by atoms with E-state index in [-0.39, 0.29) is 0 Å². The van der Waals surface area contributed by atoms with Crippen LogP contribution in [0.4, 0.5) is 0 Å². The summed E-state index contributed by atoms with van der Waals surface area (Å²) in [6.07, 6.45) is -4.29. The van der Waals surface area contributed by atoms with Crippen molar-refractivity contribution in [2.24, 2.45) is 5.92 Å². The molecule has 0 aromatic carbocycles. The number of hydrogen-bond acceptors (Lipinski definition) is 6. The Kier molecular flexibility index (Phi) is 3.87. The average molecular weight is 236 g/mol. The first-order valence-electron chi connectivity index (χ1n) is 4.92. The van der Waals surface area contributed by atoms with E-state index in [4.69, 9.17) is 14.9 Å². The minimum absolute atomic E-state index is 0.419. The number of aliphatic hydroxyl groups is 4. The van der Waals surface area contributed by atoms with E-state index in [1.54, 1.807) is 0 Å². The predicted molar refractivity (Wildman–Crippen MR) is 50.3 cm³/mol. The van der Waals surface area contributed by atoms with Crippen LogP contribution in [0, 0.1) is 5.92 Å². The maximum atomic E-state index is 10.7. The van der Waals surface area contributed by atoms with Crippen LogP contribution in [-0.2, 0) is 9.53 Å². The van der Waals surface area contributed by atoms with Gasteiger partial charge in [-0.3, -0.25) is 4.79 Å². The van der Waals surface area contributed by atoms with Gasteiger partial charge >= 0.3 is 5.97 Å². The average Bonchev–Trinajstić information content (AvgIpc) is 2.22. The zero-order valence-corrected chi connectivity index (χ0v) is 8.78. The maximum absolute atomic E-state index is 10.7. The summed E-state index contributed by atoms with van der Waals surface area (Å²) in [4.78, 5) is 10.7. The summed E-state index contributed by atoms with van der Waals surface area (Å²) in [6, 6.07) is 0. The number of rotatable bonds is 3. The highest BCUT2D eigenvalue weighted by Gasteiger charge is 2.50. The zero-order chi connectivity index (χ0) is 12.5. The number of aliphatic hydroxyl groups excluding tert-OH is 3. The second-order valence-corrected chi connectivity index (χ2v) is 4.01. The van der Waals surface area contributed by atoms with Gasteiger partial charge in [-0.1, -0.05) is 0 Å². The first-order chi connectivity index (χ1) is 7.31. The number of ether oxygens (including phenoxy) is 1. The minimum Gasteiger partial charge on any atom is -0.481 e. The fourth-order valence-electron chi connectivity index (χ4n) is 1.67. The van der Waals surface area contributed by atoms with Crippen LogP contribution in [0.15, 0.2) is 0 Å². The first kappa shape index (κ1) is 13.3. The zero-order valence-electron chi connectivity index (χ0n) is 8.78. The summed E-state index contributed by atoms with van der Waals surface area (Å²) in [7, 11) is 0. The number of carbonyl (C=O) groups is 1. The summed E-state index contributed by atoms with van der Waals surface area (Å²) in [5.74, 6) is -4.65. The van der Waals surface area contributed by atoms with E-state index >= 15 is 0 Å². The van der Waals surface area contributed by atoms with Gasteiger partial charge in [0.05, 0.1) is 12.7 Å². The molecule has 7 heteroatoms. The van der Waals surface area contributed by atoms with Gasteiger partial charge in [0.1, 0.15) is 18.1 Å². The number of carboxylic acids is 1. The van der Waals surface area contributed by atoms with Gasteiger partial charge in [0, 0.05) is 6.42 Å². The summed E-state index contributed by atoms with van der Waals surface area (Å²) < 4.78 is 4.94. The van der Waals surface area contributed by atoms with Crippen LogP contribution in [-0.4, -0.2) is 62.2 Å². The van der Waals surface area contributed by atoms with Crippen LogP contribution in [0.2, 0.25) is 0 Å². The van der Waals surface area contributed by atoms with Crippen molar-refractivity contribution >= 4 is 5.97 Å². The lowest BCUT2D eigenvalue weighted by Gasteiger charge is -2.43. The van der Waals surface area contributed by atoms with Crippen molar-refractivity contribution in [3.63, 3.8) is 0 Å². The Labute approximate surface area is 91.9 Å². The molecular formula is C9H16O7. The third-order valence-corrected chi connectivity index (χ3v) is 2.86. The molecule has 1 rings (SSSR count). The molecular weight excluding hydrogens is 220 g/mol. The molecule has 1 heterocycles. The van der Waals surface area contributed by atoms with Gasteiger partial charge in [0.25, 0.3) is 0 Å². The van der Waals surface area contributed by atoms with E-state index in [0.717, 1.165) is 0 Å². The largest absolute Gasteiger partial charge is 0.481 e. The van der Waals surface area contributed by atoms with Crippen LogP contribution < -0.4 is 0 Å². The summed E-state index contributed by atoms with van der Waals surface area (Å²) >= 11 is 0. The van der Waals surface area contributed by atoms with E-state index in [9.17, 15) is 20.1 Å². The topological polar surface area (TPSA) is 127 Å². The molecule has 5 N–H and O–H groups in total. The SMILES string of the molecule is C[C@@H](C(=O)O)C1(O)C[C@@H](O)[C@H](O)[C@@H](CO)O1. The molecule has 0 spiro atoms. The molecule has 1 unspecified atom stereocenters. The van der Waals surface area contributed by atoms with Crippen LogP contribution >= 0.6 is 0 Å². The van der Waals surface area contributed by atoms with Gasteiger partial charge in [-0.05, 0) is 6.92 Å². The molecule has 0 bridgehead atoms. The van der Waals surface area contributed by atoms with Crippen molar-refractivity contribution in [1.29, 1.82) is 0 Å². The van der Waals surface area contributed by atoms with Gasteiger partial charge in [-0.25, -0.2) is 0 Å². The Morgan fingerprint density at radius 1 is 1.56 bits per heavy atom. The third kappa shape index (κ3) is 2.33. The normalized spacial score (nSPS) is 41.7. The highest BCUT2D eigenvalue weighted by atomic mass is 16.6. The van der Waals surface area contributed by atoms with E-state index in [1.165, 1.54) is 6.92 Å². The molecule has 5 atom stereocenters. The van der Waals surface area contributed by atoms with E-state index in [2.05, 4.69) is 0 Å². The molecule has 0 aromatic rings. The Bertz CT molecular complexity index is 269.